The summed E-state index contributed by atoms with van der Waals surface area (Å²) in [5.74, 6) is -3.67. The van der Waals surface area contributed by atoms with Gasteiger partial charge >= 0.3 is 12.1 Å². The molecule has 3 atom stereocenters. The van der Waals surface area contributed by atoms with Crippen molar-refractivity contribution in [2.75, 3.05) is 6.54 Å². The summed E-state index contributed by atoms with van der Waals surface area (Å²) >= 11 is 0. The Hall–Kier alpha value is -3.39. The third kappa shape index (κ3) is 19.5. The first kappa shape index (κ1) is 35.8. The van der Waals surface area contributed by atoms with Crippen LogP contribution in [-0.2, 0) is 24.0 Å². The molecule has 0 aromatic carbocycles. The summed E-state index contributed by atoms with van der Waals surface area (Å²) < 4.78 is 31.7. The van der Waals surface area contributed by atoms with Crippen molar-refractivity contribution in [2.24, 2.45) is 28.3 Å². The van der Waals surface area contributed by atoms with Crippen LogP contribution in [0.1, 0.15) is 60.3 Å². The molecule has 0 aliphatic rings. The van der Waals surface area contributed by atoms with E-state index < -0.39 is 42.1 Å². The van der Waals surface area contributed by atoms with Crippen LogP contribution in [0.15, 0.2) is 4.99 Å². The molecule has 37 heavy (non-hydrogen) atoms. The molecule has 15 heteroatoms. The molecule has 0 bridgehead atoms. The zero-order valence-electron chi connectivity index (χ0n) is 21.7. The Morgan fingerprint density at radius 1 is 0.919 bits per heavy atom. The molecule has 0 unspecified atom stereocenters. The first-order valence-electron chi connectivity index (χ1n) is 11.6. The van der Waals surface area contributed by atoms with Crippen LogP contribution in [-0.4, -0.2) is 71.9 Å². The molecule has 0 aliphatic heterocycles. The number of nitrogens with zero attached hydrogens (tertiary/aromatic N) is 1. The summed E-state index contributed by atoms with van der Waals surface area (Å²) in [6.45, 7) is 9.43. The summed E-state index contributed by atoms with van der Waals surface area (Å²) in [4.78, 5) is 61.0. The molecule has 0 saturated carbocycles. The molecule has 8 N–H and O–H groups in total. The molecule has 0 aromatic rings. The summed E-state index contributed by atoms with van der Waals surface area (Å²) in [5.41, 5.74) is 10.5. The number of carbonyl (C=O) groups is 5. The highest BCUT2D eigenvalue weighted by Gasteiger charge is 2.38. The van der Waals surface area contributed by atoms with Crippen molar-refractivity contribution >= 4 is 35.9 Å². The molecule has 214 valence electrons. The quantitative estimate of drug-likeness (QED) is 0.0787. The first-order chi connectivity index (χ1) is 16.9. The van der Waals surface area contributed by atoms with Gasteiger partial charge in [-0.1, -0.05) is 27.7 Å². The van der Waals surface area contributed by atoms with Crippen molar-refractivity contribution in [3.63, 3.8) is 0 Å². The fourth-order valence-electron chi connectivity index (χ4n) is 2.90. The Balaban J connectivity index is 0. The number of aliphatic carboxylic acids is 1. The third-order valence-corrected chi connectivity index (χ3v) is 4.44. The van der Waals surface area contributed by atoms with Crippen LogP contribution in [0.5, 0.6) is 0 Å². The Kier molecular flexibility index (Phi) is 17.3. The predicted molar refractivity (Wildman–Crippen MR) is 130 cm³/mol. The van der Waals surface area contributed by atoms with E-state index in [0.717, 1.165) is 0 Å². The van der Waals surface area contributed by atoms with Gasteiger partial charge in [-0.15, -0.1) is 0 Å². The molecule has 0 rings (SSSR count). The minimum absolute atomic E-state index is 0.0310. The highest BCUT2D eigenvalue weighted by molar-refractivity contribution is 5.92. The van der Waals surface area contributed by atoms with E-state index in [-0.39, 0.29) is 23.7 Å². The average molecular weight is 541 g/mol. The van der Waals surface area contributed by atoms with Gasteiger partial charge in [-0.25, -0.2) is 4.79 Å². The monoisotopic (exact) mass is 540 g/mol. The smallest absolute Gasteiger partial charge is 0.475 e. The lowest BCUT2D eigenvalue weighted by atomic mass is 9.99. The maximum atomic E-state index is 12.8. The number of rotatable bonds is 14. The lowest BCUT2D eigenvalue weighted by Crippen LogP contribution is -2.55. The minimum Gasteiger partial charge on any atom is -0.475 e. The zero-order valence-corrected chi connectivity index (χ0v) is 21.7. The van der Waals surface area contributed by atoms with Crippen LogP contribution in [0, 0.1) is 11.8 Å². The molecule has 3 amide bonds. The largest absolute Gasteiger partial charge is 0.490 e. The Labute approximate surface area is 214 Å². The molecule has 0 aliphatic carbocycles. The van der Waals surface area contributed by atoms with Gasteiger partial charge in [0.2, 0.25) is 17.7 Å². The number of carboxylic acid groups (broad SMARTS) is 1. The highest BCUT2D eigenvalue weighted by atomic mass is 19.4. The third-order valence-electron chi connectivity index (χ3n) is 4.44. The van der Waals surface area contributed by atoms with Gasteiger partial charge in [0.1, 0.15) is 18.4 Å². The number of alkyl halides is 3. The Bertz CT molecular complexity index is 785. The van der Waals surface area contributed by atoms with Gasteiger partial charge in [-0.2, -0.15) is 13.2 Å². The second-order valence-electron chi connectivity index (χ2n) is 9.08. The van der Waals surface area contributed by atoms with E-state index in [1.807, 2.05) is 27.7 Å². The molecular weight excluding hydrogens is 501 g/mol. The summed E-state index contributed by atoms with van der Waals surface area (Å²) in [6.07, 6.45) is -2.70. The van der Waals surface area contributed by atoms with Gasteiger partial charge in [0.05, 0.1) is 6.04 Å². The van der Waals surface area contributed by atoms with Crippen molar-refractivity contribution in [3.05, 3.63) is 0 Å². The van der Waals surface area contributed by atoms with E-state index in [0.29, 0.717) is 38.5 Å². The Morgan fingerprint density at radius 3 is 1.70 bits per heavy atom. The van der Waals surface area contributed by atoms with Crippen LogP contribution >= 0.6 is 0 Å². The van der Waals surface area contributed by atoms with E-state index in [1.165, 1.54) is 6.92 Å². The summed E-state index contributed by atoms with van der Waals surface area (Å²) in [5, 5.41) is 15.2. The molecule has 12 nitrogen and oxygen atoms in total. The van der Waals surface area contributed by atoms with Crippen LogP contribution < -0.4 is 27.4 Å². The number of nitrogens with one attached hydrogen (secondary N) is 3. The molecule has 0 spiro atoms. The number of aldehydes is 1. The number of halogens is 3. The number of guanidine groups is 1. The van der Waals surface area contributed by atoms with Gasteiger partial charge in [-0.3, -0.25) is 19.4 Å². The maximum absolute atomic E-state index is 12.8. The van der Waals surface area contributed by atoms with Crippen molar-refractivity contribution in [3.8, 4) is 0 Å². The number of aliphatic imine (C=N–C) groups is 1. The second kappa shape index (κ2) is 17.9. The van der Waals surface area contributed by atoms with Gasteiger partial charge < -0.3 is 37.3 Å². The van der Waals surface area contributed by atoms with Crippen molar-refractivity contribution in [2.45, 2.75) is 84.6 Å². The molecular formula is C22H39F3N6O6. The molecule has 0 fully saturated rings. The fraction of sp³-hybridized carbons (Fsp3) is 0.727. The SMILES string of the molecule is CC(=O)N[C@@H](CC(C)C)C(=O)N[C@@H](CC(C)C)C(=O)N[C@H](C=O)CCCN=C(N)N.O=C(O)C(F)(F)F. The van der Waals surface area contributed by atoms with E-state index >= 15 is 0 Å². The van der Waals surface area contributed by atoms with Crippen molar-refractivity contribution in [1.82, 2.24) is 16.0 Å². The van der Waals surface area contributed by atoms with Gasteiger partial charge in [0.25, 0.3) is 0 Å². The topological polar surface area (TPSA) is 206 Å². The average Bonchev–Trinajstić information content (AvgIpc) is 2.73. The van der Waals surface area contributed by atoms with E-state index in [9.17, 15) is 32.3 Å². The first-order valence-corrected chi connectivity index (χ1v) is 11.6. The van der Waals surface area contributed by atoms with E-state index in [4.69, 9.17) is 21.4 Å². The van der Waals surface area contributed by atoms with E-state index in [2.05, 4.69) is 20.9 Å². The Morgan fingerprint density at radius 2 is 1.35 bits per heavy atom. The van der Waals surface area contributed by atoms with Crippen molar-refractivity contribution < 1.29 is 42.3 Å². The molecule has 0 radical (unpaired) electrons. The zero-order chi connectivity index (χ0) is 29.3. The van der Waals surface area contributed by atoms with Gasteiger partial charge in [0, 0.05) is 13.5 Å². The summed E-state index contributed by atoms with van der Waals surface area (Å²) in [7, 11) is 0. The second-order valence-corrected chi connectivity index (χ2v) is 9.08. The number of carboxylic acids is 1. The standard InChI is InChI=1S/C20H38N6O4.C2HF3O2/c1-12(2)9-16(24-14(5)28)19(30)26-17(10-13(3)4)18(29)25-15(11-27)7-6-8-23-20(21)22;3-2(4,5)1(6)7/h11-13,15-17H,6-10H2,1-5H3,(H,24,28)(H,25,29)(H,26,30)(H4,21,22,23);(H,6,7)/t15-,16-,17-;/m0./s1. The number of hydrogen-bond donors (Lipinski definition) is 6. The van der Waals surface area contributed by atoms with Crippen LogP contribution in [0.4, 0.5) is 13.2 Å². The normalized spacial score (nSPS) is 13.4. The minimum atomic E-state index is -5.08. The lowest BCUT2D eigenvalue weighted by molar-refractivity contribution is -0.192. The lowest BCUT2D eigenvalue weighted by Gasteiger charge is -2.25. The highest BCUT2D eigenvalue weighted by Crippen LogP contribution is 2.13. The van der Waals surface area contributed by atoms with Crippen molar-refractivity contribution in [1.29, 1.82) is 0 Å². The van der Waals surface area contributed by atoms with Gasteiger partial charge in [-0.05, 0) is 37.5 Å². The number of carbonyl (C=O) groups excluding carboxylic acids is 4. The predicted octanol–water partition coefficient (Wildman–Crippen LogP) is 0.439. The van der Waals surface area contributed by atoms with Crippen LogP contribution in [0.2, 0.25) is 0 Å². The number of hydrogen-bond acceptors (Lipinski definition) is 6. The molecule has 0 heterocycles. The van der Waals surface area contributed by atoms with Gasteiger partial charge in [0.15, 0.2) is 5.96 Å². The maximum Gasteiger partial charge on any atom is 0.490 e. The summed E-state index contributed by atoms with van der Waals surface area (Å²) in [6, 6.07) is -2.26. The molecule has 0 saturated heterocycles. The molecule has 0 aromatic heterocycles. The number of nitrogens with two attached hydrogens (primary N) is 2. The van der Waals surface area contributed by atoms with Crippen LogP contribution in [0.25, 0.3) is 0 Å². The fourth-order valence-corrected chi connectivity index (χ4v) is 2.90. The number of amides is 3. The van der Waals surface area contributed by atoms with Crippen LogP contribution in [0.3, 0.4) is 0 Å². The van der Waals surface area contributed by atoms with E-state index in [1.54, 1.807) is 0 Å².